The van der Waals surface area contributed by atoms with Gasteiger partial charge in [0.2, 0.25) is 0 Å². The van der Waals surface area contributed by atoms with Crippen LogP contribution in [0, 0.1) is 13.8 Å². The molecular formula is C25H27N3O4S. The molecule has 1 heterocycles. The van der Waals surface area contributed by atoms with E-state index in [0.717, 1.165) is 22.4 Å². The molecule has 1 N–H and O–H groups in total. The van der Waals surface area contributed by atoms with Gasteiger partial charge >= 0.3 is 0 Å². The van der Waals surface area contributed by atoms with Crippen LogP contribution in [0.25, 0.3) is 11.0 Å². The molecule has 4 aromatic rings. The van der Waals surface area contributed by atoms with Gasteiger partial charge in [-0.2, -0.15) is 0 Å². The van der Waals surface area contributed by atoms with Crippen molar-refractivity contribution in [2.45, 2.75) is 31.4 Å². The summed E-state index contributed by atoms with van der Waals surface area (Å²) in [5.74, 6) is 1.38. The first-order valence-electron chi connectivity index (χ1n) is 10.6. The van der Waals surface area contributed by atoms with Crippen molar-refractivity contribution in [2.24, 2.45) is 0 Å². The number of para-hydroxylation sites is 2. The maximum absolute atomic E-state index is 13.6. The number of nitrogens with zero attached hydrogens (tertiary/aromatic N) is 3. The largest absolute Gasteiger partial charge is 0.497 e. The number of aliphatic hydroxyl groups excluding tert-OH is 1. The molecule has 0 saturated heterocycles. The molecule has 172 valence electrons. The van der Waals surface area contributed by atoms with Gasteiger partial charge in [-0.3, -0.25) is 4.31 Å². The van der Waals surface area contributed by atoms with Crippen molar-refractivity contribution in [1.29, 1.82) is 0 Å². The van der Waals surface area contributed by atoms with Crippen LogP contribution in [0.2, 0.25) is 0 Å². The quantitative estimate of drug-likeness (QED) is 0.426. The molecule has 0 aliphatic carbocycles. The SMILES string of the molecule is COc1ccc(N(C[C@@H](O)Cn2c(C)nc3ccccc32)S(=O)(=O)c2ccc(C)cc2)cc1. The van der Waals surface area contributed by atoms with Crippen LogP contribution < -0.4 is 9.04 Å². The molecule has 4 rings (SSSR count). The molecule has 0 aliphatic rings. The smallest absolute Gasteiger partial charge is 0.264 e. The first-order chi connectivity index (χ1) is 15.8. The van der Waals surface area contributed by atoms with Gasteiger partial charge in [-0.25, -0.2) is 13.4 Å². The Bertz CT molecular complexity index is 1350. The number of aliphatic hydroxyl groups is 1. The number of rotatable bonds is 8. The van der Waals surface area contributed by atoms with Crippen LogP contribution in [-0.2, 0) is 16.6 Å². The van der Waals surface area contributed by atoms with E-state index in [1.807, 2.05) is 42.7 Å². The predicted molar refractivity (Wildman–Crippen MR) is 129 cm³/mol. The topological polar surface area (TPSA) is 84.7 Å². The van der Waals surface area contributed by atoms with Crippen LogP contribution in [0.3, 0.4) is 0 Å². The lowest BCUT2D eigenvalue weighted by molar-refractivity contribution is 0.163. The molecule has 8 heteroatoms. The molecule has 0 fully saturated rings. The van der Waals surface area contributed by atoms with Crippen molar-refractivity contribution in [2.75, 3.05) is 18.0 Å². The number of ether oxygens (including phenoxy) is 1. The summed E-state index contributed by atoms with van der Waals surface area (Å²) >= 11 is 0. The Labute approximate surface area is 193 Å². The Morgan fingerprint density at radius 1 is 1.00 bits per heavy atom. The fourth-order valence-electron chi connectivity index (χ4n) is 3.81. The van der Waals surface area contributed by atoms with E-state index in [1.165, 1.54) is 4.31 Å². The number of benzene rings is 3. The van der Waals surface area contributed by atoms with Crippen molar-refractivity contribution in [3.63, 3.8) is 0 Å². The zero-order valence-corrected chi connectivity index (χ0v) is 19.7. The van der Waals surface area contributed by atoms with Crippen LogP contribution in [0.1, 0.15) is 11.4 Å². The Kier molecular flexibility index (Phi) is 6.40. The first-order valence-corrected chi connectivity index (χ1v) is 12.1. The summed E-state index contributed by atoms with van der Waals surface area (Å²) in [6.07, 6.45) is -0.969. The molecule has 33 heavy (non-hydrogen) atoms. The number of imidazole rings is 1. The van der Waals surface area contributed by atoms with Crippen LogP contribution >= 0.6 is 0 Å². The summed E-state index contributed by atoms with van der Waals surface area (Å²) in [6.45, 7) is 3.87. The van der Waals surface area contributed by atoms with E-state index in [4.69, 9.17) is 4.74 Å². The summed E-state index contributed by atoms with van der Waals surface area (Å²) in [4.78, 5) is 4.70. The van der Waals surface area contributed by atoms with Crippen molar-refractivity contribution in [3.8, 4) is 5.75 Å². The van der Waals surface area contributed by atoms with Crippen molar-refractivity contribution >= 4 is 26.7 Å². The minimum Gasteiger partial charge on any atom is -0.497 e. The lowest BCUT2D eigenvalue weighted by Crippen LogP contribution is -2.39. The number of methoxy groups -OCH3 is 1. The summed E-state index contributed by atoms with van der Waals surface area (Å²) in [7, 11) is -2.36. The number of sulfonamides is 1. The van der Waals surface area contributed by atoms with Crippen molar-refractivity contribution in [1.82, 2.24) is 9.55 Å². The Morgan fingerprint density at radius 3 is 2.33 bits per heavy atom. The maximum atomic E-state index is 13.6. The highest BCUT2D eigenvalue weighted by atomic mass is 32.2. The lowest BCUT2D eigenvalue weighted by atomic mass is 10.2. The zero-order chi connectivity index (χ0) is 23.6. The molecule has 0 radical (unpaired) electrons. The minimum absolute atomic E-state index is 0.117. The highest BCUT2D eigenvalue weighted by Crippen LogP contribution is 2.27. The van der Waals surface area contributed by atoms with Gasteiger partial charge in [-0.05, 0) is 62.4 Å². The average molecular weight is 466 g/mol. The van der Waals surface area contributed by atoms with E-state index in [1.54, 1.807) is 55.6 Å². The summed E-state index contributed by atoms with van der Waals surface area (Å²) in [6, 6.07) is 21.1. The molecule has 0 bridgehead atoms. The normalized spacial score (nSPS) is 12.6. The first kappa shape index (κ1) is 22.8. The number of hydrogen-bond donors (Lipinski definition) is 1. The third kappa shape index (κ3) is 4.72. The minimum atomic E-state index is -3.91. The lowest BCUT2D eigenvalue weighted by Gasteiger charge is -2.27. The van der Waals surface area contributed by atoms with Gasteiger partial charge < -0.3 is 14.4 Å². The van der Waals surface area contributed by atoms with Crippen LogP contribution in [-0.4, -0.2) is 42.8 Å². The van der Waals surface area contributed by atoms with E-state index in [2.05, 4.69) is 4.98 Å². The Hall–Kier alpha value is -3.36. The van der Waals surface area contributed by atoms with Gasteiger partial charge in [-0.15, -0.1) is 0 Å². The number of aryl methyl sites for hydroxylation is 2. The second-order valence-corrected chi connectivity index (χ2v) is 9.82. The monoisotopic (exact) mass is 465 g/mol. The summed E-state index contributed by atoms with van der Waals surface area (Å²) < 4.78 is 35.5. The molecule has 0 aliphatic heterocycles. The van der Waals surface area contributed by atoms with Gasteiger partial charge in [0.25, 0.3) is 10.0 Å². The van der Waals surface area contributed by atoms with Gasteiger partial charge in [0.15, 0.2) is 0 Å². The zero-order valence-electron chi connectivity index (χ0n) is 18.8. The number of anilines is 1. The maximum Gasteiger partial charge on any atom is 0.264 e. The second-order valence-electron chi connectivity index (χ2n) is 7.96. The third-order valence-electron chi connectivity index (χ3n) is 5.58. The van der Waals surface area contributed by atoms with E-state index in [0.29, 0.717) is 11.4 Å². The summed E-state index contributed by atoms with van der Waals surface area (Å²) in [5.41, 5.74) is 3.14. The number of hydrogen-bond acceptors (Lipinski definition) is 5. The second kappa shape index (κ2) is 9.25. The standard InChI is InChI=1S/C25H27N3O4S/c1-18-8-14-23(15-9-18)33(30,31)28(20-10-12-22(32-3)13-11-20)17-21(29)16-27-19(2)26-24-6-4-5-7-25(24)27/h4-15,21,29H,16-17H2,1-3H3/t21-/m0/s1. The Morgan fingerprint density at radius 2 is 1.67 bits per heavy atom. The van der Waals surface area contributed by atoms with E-state index >= 15 is 0 Å². The third-order valence-corrected chi connectivity index (χ3v) is 7.39. The molecule has 3 aromatic carbocycles. The molecule has 0 unspecified atom stereocenters. The molecule has 0 amide bonds. The average Bonchev–Trinajstić information content (AvgIpc) is 3.12. The van der Waals surface area contributed by atoms with Crippen molar-refractivity contribution in [3.05, 3.63) is 84.2 Å². The number of fused-ring (bicyclic) bond motifs is 1. The van der Waals surface area contributed by atoms with E-state index < -0.39 is 16.1 Å². The molecule has 0 saturated carbocycles. The molecule has 0 spiro atoms. The fourth-order valence-corrected chi connectivity index (χ4v) is 5.32. The highest BCUT2D eigenvalue weighted by Gasteiger charge is 2.28. The molecule has 1 aromatic heterocycles. The molecular weight excluding hydrogens is 438 g/mol. The van der Waals surface area contributed by atoms with Crippen LogP contribution in [0.4, 0.5) is 5.69 Å². The number of aromatic nitrogens is 2. The molecule has 1 atom stereocenters. The van der Waals surface area contributed by atoms with Gasteiger partial charge in [-0.1, -0.05) is 29.8 Å². The van der Waals surface area contributed by atoms with E-state index in [-0.39, 0.29) is 18.0 Å². The van der Waals surface area contributed by atoms with Crippen LogP contribution in [0.15, 0.2) is 77.7 Å². The van der Waals surface area contributed by atoms with E-state index in [9.17, 15) is 13.5 Å². The summed E-state index contributed by atoms with van der Waals surface area (Å²) in [5, 5.41) is 11.0. The van der Waals surface area contributed by atoms with Gasteiger partial charge in [0.1, 0.15) is 11.6 Å². The van der Waals surface area contributed by atoms with Gasteiger partial charge in [0, 0.05) is 0 Å². The highest BCUT2D eigenvalue weighted by molar-refractivity contribution is 7.92. The fraction of sp³-hybridized carbons (Fsp3) is 0.240. The Balaban J connectivity index is 1.68. The molecule has 7 nitrogen and oxygen atoms in total. The van der Waals surface area contributed by atoms with Crippen LogP contribution in [0.5, 0.6) is 5.75 Å². The van der Waals surface area contributed by atoms with Crippen molar-refractivity contribution < 1.29 is 18.3 Å². The van der Waals surface area contributed by atoms with Gasteiger partial charge in [0.05, 0.1) is 47.9 Å². The predicted octanol–water partition coefficient (Wildman–Crippen LogP) is 3.92.